The van der Waals surface area contributed by atoms with Crippen LogP contribution in [-0.2, 0) is 29.2 Å². The molecule has 0 radical (unpaired) electrons. The Morgan fingerprint density at radius 2 is 1.31 bits per heavy atom. The molecule has 0 aromatic heterocycles. The van der Waals surface area contributed by atoms with E-state index in [1.54, 1.807) is 36.4 Å². The van der Waals surface area contributed by atoms with Gasteiger partial charge in [-0.05, 0) is 78.9 Å². The van der Waals surface area contributed by atoms with E-state index in [4.69, 9.17) is 16.2 Å². The summed E-state index contributed by atoms with van der Waals surface area (Å²) in [5.41, 5.74) is 15.4. The van der Waals surface area contributed by atoms with Crippen molar-refractivity contribution in [1.82, 2.24) is 16.0 Å². The van der Waals surface area contributed by atoms with E-state index in [9.17, 15) is 14.4 Å². The molecule has 0 aliphatic rings. The Labute approximate surface area is 264 Å². The van der Waals surface area contributed by atoms with Crippen molar-refractivity contribution in [2.24, 2.45) is 5.73 Å². The summed E-state index contributed by atoms with van der Waals surface area (Å²) in [6.07, 6.45) is 1.97. The highest BCUT2D eigenvalue weighted by Crippen LogP contribution is 2.15. The molecular formula is C36H41N5O4. The van der Waals surface area contributed by atoms with Crippen molar-refractivity contribution in [1.29, 1.82) is 0 Å². The normalized spacial score (nSPS) is 12.0. The number of nitrogen functional groups attached to an aromatic ring is 1. The van der Waals surface area contributed by atoms with E-state index in [-0.39, 0.29) is 24.8 Å². The highest BCUT2D eigenvalue weighted by Gasteiger charge is 2.27. The molecule has 0 unspecified atom stereocenters. The van der Waals surface area contributed by atoms with Gasteiger partial charge in [0.15, 0.2) is 0 Å². The molecule has 7 N–H and O–H groups in total. The summed E-state index contributed by atoms with van der Waals surface area (Å²) in [4.78, 5) is 40.0. The molecule has 0 fully saturated rings. The Morgan fingerprint density at radius 1 is 0.667 bits per heavy atom. The smallest absolute Gasteiger partial charge is 0.251 e. The summed E-state index contributed by atoms with van der Waals surface area (Å²) in [6, 6.07) is 31.5. The Hall–Kier alpha value is -5.15. The van der Waals surface area contributed by atoms with Crippen LogP contribution < -0.4 is 32.2 Å². The van der Waals surface area contributed by atoms with Crippen LogP contribution in [0.5, 0.6) is 5.75 Å². The van der Waals surface area contributed by atoms with E-state index in [0.717, 1.165) is 22.4 Å². The molecule has 4 aromatic carbocycles. The zero-order valence-electron chi connectivity index (χ0n) is 25.3. The average molecular weight is 608 g/mol. The second-order valence-electron chi connectivity index (χ2n) is 10.8. The lowest BCUT2D eigenvalue weighted by atomic mass is 10.0. The number of hydrogen-bond donors (Lipinski definition) is 5. The monoisotopic (exact) mass is 607 g/mol. The van der Waals surface area contributed by atoms with Crippen molar-refractivity contribution < 1.29 is 19.1 Å². The second-order valence-corrected chi connectivity index (χ2v) is 10.8. The molecule has 0 heterocycles. The van der Waals surface area contributed by atoms with Crippen LogP contribution in [0.25, 0.3) is 0 Å². The lowest BCUT2D eigenvalue weighted by molar-refractivity contribution is -0.130. The standard InChI is InChI=1S/C36H41N5O4/c37-22-8-7-13-32(40-34(42)29-11-5-2-6-12-29)36(44)41-33(23-26-14-18-30(38)19-15-26)35(43)39-24-27-16-20-31(21-17-27)45-25-28-9-3-1-4-10-28/h1-6,9-12,14-21,32-33H,7-8,13,22-25,37-38H2,(H,39,43)(H,40,42)(H,41,44)/t32-,33+/m0/s1. The fourth-order valence-electron chi connectivity index (χ4n) is 4.72. The van der Waals surface area contributed by atoms with Gasteiger partial charge < -0.3 is 32.2 Å². The molecule has 4 rings (SSSR count). The highest BCUT2D eigenvalue weighted by molar-refractivity contribution is 5.98. The molecule has 0 aliphatic carbocycles. The lowest BCUT2D eigenvalue weighted by Gasteiger charge is -2.23. The van der Waals surface area contributed by atoms with Crippen LogP contribution in [0.1, 0.15) is 46.3 Å². The van der Waals surface area contributed by atoms with Gasteiger partial charge in [0.1, 0.15) is 24.4 Å². The lowest BCUT2D eigenvalue weighted by Crippen LogP contribution is -2.54. The van der Waals surface area contributed by atoms with Crippen LogP contribution in [0, 0.1) is 0 Å². The highest BCUT2D eigenvalue weighted by atomic mass is 16.5. The quantitative estimate of drug-likeness (QED) is 0.0956. The van der Waals surface area contributed by atoms with Crippen LogP contribution in [0.15, 0.2) is 109 Å². The number of ether oxygens (including phenoxy) is 1. The zero-order chi connectivity index (χ0) is 31.9. The fourth-order valence-corrected chi connectivity index (χ4v) is 4.72. The van der Waals surface area contributed by atoms with E-state index in [1.807, 2.05) is 72.8 Å². The Kier molecular flexibility index (Phi) is 12.5. The minimum atomic E-state index is -0.889. The number of carbonyl (C=O) groups is 3. The van der Waals surface area contributed by atoms with Gasteiger partial charge in [-0.1, -0.05) is 72.8 Å². The van der Waals surface area contributed by atoms with Gasteiger partial charge in [0, 0.05) is 24.2 Å². The number of rotatable bonds is 16. The van der Waals surface area contributed by atoms with E-state index in [0.29, 0.717) is 43.7 Å². The number of amides is 3. The van der Waals surface area contributed by atoms with Crippen molar-refractivity contribution in [3.8, 4) is 5.75 Å². The molecular weight excluding hydrogens is 566 g/mol. The van der Waals surface area contributed by atoms with Gasteiger partial charge in [-0.25, -0.2) is 0 Å². The first-order valence-electron chi connectivity index (χ1n) is 15.2. The Bertz CT molecular complexity index is 1500. The van der Waals surface area contributed by atoms with Gasteiger partial charge in [0.2, 0.25) is 11.8 Å². The fraction of sp³-hybridized carbons (Fsp3) is 0.250. The number of nitrogens with two attached hydrogens (primary N) is 2. The first-order chi connectivity index (χ1) is 21.9. The van der Waals surface area contributed by atoms with Gasteiger partial charge in [0.25, 0.3) is 5.91 Å². The Morgan fingerprint density at radius 3 is 1.98 bits per heavy atom. The van der Waals surface area contributed by atoms with Crippen molar-refractivity contribution in [3.05, 3.63) is 131 Å². The molecule has 0 bridgehead atoms. The third-order valence-electron chi connectivity index (χ3n) is 7.30. The van der Waals surface area contributed by atoms with Crippen molar-refractivity contribution in [2.45, 2.75) is 50.9 Å². The average Bonchev–Trinajstić information content (AvgIpc) is 3.07. The molecule has 9 nitrogen and oxygen atoms in total. The van der Waals surface area contributed by atoms with Crippen LogP contribution in [-0.4, -0.2) is 36.3 Å². The number of carbonyl (C=O) groups excluding carboxylic acids is 3. The number of benzene rings is 4. The van der Waals surface area contributed by atoms with Gasteiger partial charge in [-0.3, -0.25) is 14.4 Å². The van der Waals surface area contributed by atoms with Gasteiger partial charge >= 0.3 is 0 Å². The molecule has 0 aliphatic heterocycles. The summed E-state index contributed by atoms with van der Waals surface area (Å²) in [7, 11) is 0. The van der Waals surface area contributed by atoms with Crippen molar-refractivity contribution in [3.63, 3.8) is 0 Å². The summed E-state index contributed by atoms with van der Waals surface area (Å²) >= 11 is 0. The predicted octanol–water partition coefficient (Wildman–Crippen LogP) is 4.12. The van der Waals surface area contributed by atoms with E-state index >= 15 is 0 Å². The van der Waals surface area contributed by atoms with E-state index in [2.05, 4.69) is 16.0 Å². The summed E-state index contributed by atoms with van der Waals surface area (Å²) in [5.74, 6) is -0.425. The minimum Gasteiger partial charge on any atom is -0.489 e. The number of hydrogen-bond acceptors (Lipinski definition) is 6. The number of nitrogens with one attached hydrogen (secondary N) is 3. The molecule has 4 aromatic rings. The molecule has 234 valence electrons. The van der Waals surface area contributed by atoms with Crippen LogP contribution in [0.4, 0.5) is 5.69 Å². The summed E-state index contributed by atoms with van der Waals surface area (Å²) in [5, 5.41) is 8.68. The maximum absolute atomic E-state index is 13.6. The predicted molar refractivity (Wildman–Crippen MR) is 176 cm³/mol. The minimum absolute atomic E-state index is 0.242. The van der Waals surface area contributed by atoms with Gasteiger partial charge in [-0.2, -0.15) is 0 Å². The second kappa shape index (κ2) is 17.2. The van der Waals surface area contributed by atoms with E-state index < -0.39 is 18.0 Å². The zero-order valence-corrected chi connectivity index (χ0v) is 25.3. The van der Waals surface area contributed by atoms with Crippen LogP contribution in [0.2, 0.25) is 0 Å². The van der Waals surface area contributed by atoms with Crippen molar-refractivity contribution >= 4 is 23.4 Å². The Balaban J connectivity index is 1.41. The molecule has 3 amide bonds. The molecule has 0 saturated carbocycles. The van der Waals surface area contributed by atoms with Crippen LogP contribution >= 0.6 is 0 Å². The van der Waals surface area contributed by atoms with Crippen molar-refractivity contribution in [2.75, 3.05) is 12.3 Å². The molecule has 9 heteroatoms. The number of unbranched alkanes of at least 4 members (excludes halogenated alkanes) is 1. The molecule has 45 heavy (non-hydrogen) atoms. The third-order valence-corrected chi connectivity index (χ3v) is 7.30. The largest absolute Gasteiger partial charge is 0.489 e. The molecule has 2 atom stereocenters. The first kappa shape index (κ1) is 32.8. The van der Waals surface area contributed by atoms with E-state index in [1.165, 1.54) is 0 Å². The third kappa shape index (κ3) is 10.8. The maximum atomic E-state index is 13.6. The summed E-state index contributed by atoms with van der Waals surface area (Å²) < 4.78 is 5.86. The topological polar surface area (TPSA) is 149 Å². The SMILES string of the molecule is NCCCC[C@H](NC(=O)c1ccccc1)C(=O)N[C@H](Cc1ccc(N)cc1)C(=O)NCc1ccc(OCc2ccccc2)cc1. The van der Waals surface area contributed by atoms with Crippen LogP contribution in [0.3, 0.4) is 0 Å². The first-order valence-corrected chi connectivity index (χ1v) is 15.2. The molecule has 0 spiro atoms. The van der Waals surface area contributed by atoms with Gasteiger partial charge in [0.05, 0.1) is 0 Å². The molecule has 0 saturated heterocycles. The number of anilines is 1. The maximum Gasteiger partial charge on any atom is 0.251 e. The summed E-state index contributed by atoms with van der Waals surface area (Å²) in [6.45, 7) is 1.20. The van der Waals surface area contributed by atoms with Gasteiger partial charge in [-0.15, -0.1) is 0 Å².